The molecule has 1 aromatic carbocycles. The molecule has 0 aromatic heterocycles. The van der Waals surface area contributed by atoms with Gasteiger partial charge in [-0.25, -0.2) is 0 Å². The molecule has 4 aliphatic rings. The highest BCUT2D eigenvalue weighted by molar-refractivity contribution is 5.86. The Morgan fingerprint density at radius 3 is 2.25 bits per heavy atom. The van der Waals surface area contributed by atoms with E-state index in [1.807, 2.05) is 44.2 Å². The van der Waals surface area contributed by atoms with Crippen LogP contribution in [0.15, 0.2) is 30.3 Å². The number of hydrogen-bond donors (Lipinski definition) is 1. The van der Waals surface area contributed by atoms with Crippen molar-refractivity contribution in [1.82, 2.24) is 4.90 Å². The van der Waals surface area contributed by atoms with Crippen molar-refractivity contribution in [3.8, 4) is 0 Å². The van der Waals surface area contributed by atoms with Gasteiger partial charge < -0.3 is 14.7 Å². The van der Waals surface area contributed by atoms with Crippen LogP contribution in [0.3, 0.4) is 0 Å². The van der Waals surface area contributed by atoms with Gasteiger partial charge in [0.25, 0.3) is 5.91 Å². The third-order valence-corrected chi connectivity index (χ3v) is 7.09. The lowest BCUT2D eigenvalue weighted by atomic mass is 9.48. The third-order valence-electron chi connectivity index (χ3n) is 7.09. The van der Waals surface area contributed by atoms with Crippen molar-refractivity contribution in [2.75, 3.05) is 13.1 Å². The largest absolute Gasteiger partial charge is 0.447 e. The highest BCUT2D eigenvalue weighted by Gasteiger charge is 2.61. The molecule has 5 atom stereocenters. The van der Waals surface area contributed by atoms with Crippen molar-refractivity contribution in [3.05, 3.63) is 35.9 Å². The summed E-state index contributed by atoms with van der Waals surface area (Å²) in [5, 5.41) is 11.0. The summed E-state index contributed by atoms with van der Waals surface area (Å²) in [7, 11) is 0. The third kappa shape index (κ3) is 3.34. The van der Waals surface area contributed by atoms with Gasteiger partial charge in [-0.1, -0.05) is 30.3 Å². The predicted molar refractivity (Wildman–Crippen MR) is 105 cm³/mol. The number of esters is 1. The number of aliphatic hydroxyl groups is 1. The van der Waals surface area contributed by atoms with E-state index in [0.717, 1.165) is 32.1 Å². The minimum atomic E-state index is -0.920. The Bertz CT molecular complexity index is 728. The molecule has 1 aromatic rings. The van der Waals surface area contributed by atoms with Crippen LogP contribution >= 0.6 is 0 Å². The van der Waals surface area contributed by atoms with E-state index in [4.69, 9.17) is 4.74 Å². The van der Waals surface area contributed by atoms with Crippen LogP contribution in [0, 0.1) is 17.3 Å². The fourth-order valence-electron chi connectivity index (χ4n) is 6.28. The molecule has 2 unspecified atom stereocenters. The maximum absolute atomic E-state index is 13.4. The van der Waals surface area contributed by atoms with Gasteiger partial charge in [-0.3, -0.25) is 9.59 Å². The number of carbonyl (C=O) groups excluding carboxylic acids is 2. The van der Waals surface area contributed by atoms with E-state index in [0.29, 0.717) is 36.9 Å². The van der Waals surface area contributed by atoms with E-state index in [2.05, 4.69) is 0 Å². The Balaban J connectivity index is 1.60. The second kappa shape index (κ2) is 7.18. The van der Waals surface area contributed by atoms with Gasteiger partial charge in [-0.05, 0) is 64.2 Å². The molecule has 28 heavy (non-hydrogen) atoms. The summed E-state index contributed by atoms with van der Waals surface area (Å²) in [4.78, 5) is 28.3. The molecule has 4 aliphatic carbocycles. The minimum absolute atomic E-state index is 0.173. The van der Waals surface area contributed by atoms with Gasteiger partial charge in [0, 0.05) is 18.7 Å². The molecule has 1 amide bonds. The summed E-state index contributed by atoms with van der Waals surface area (Å²) in [5.41, 5.74) is -0.653. The van der Waals surface area contributed by atoms with Crippen molar-refractivity contribution in [3.63, 3.8) is 0 Å². The van der Waals surface area contributed by atoms with Crippen LogP contribution in [0.1, 0.15) is 64.0 Å². The van der Waals surface area contributed by atoms with Gasteiger partial charge in [0.15, 0.2) is 0 Å². The van der Waals surface area contributed by atoms with Crippen LogP contribution in [0.4, 0.5) is 0 Å². The minimum Gasteiger partial charge on any atom is -0.447 e. The number of ether oxygens (including phenoxy) is 1. The molecule has 0 radical (unpaired) electrons. The van der Waals surface area contributed by atoms with Gasteiger partial charge >= 0.3 is 5.97 Å². The zero-order valence-electron chi connectivity index (χ0n) is 16.9. The lowest BCUT2D eigenvalue weighted by Gasteiger charge is -2.58. The molecule has 5 heteroatoms. The first kappa shape index (κ1) is 19.4. The zero-order valence-corrected chi connectivity index (χ0v) is 16.9. The fourth-order valence-corrected chi connectivity index (χ4v) is 6.28. The standard InChI is InChI=1S/C23H31NO4/c1-3-24(4-2)20(25)19(18-8-6-5-7-9-18)28-21(26)22-11-16-10-17(12-22)14-23(27,13-16)15-22/h5-9,16-17,19,27H,3-4,10-15H2,1-2H3/t16-,17+,19-,22?,23?/m0/s1. The monoisotopic (exact) mass is 385 g/mol. The first-order valence-electron chi connectivity index (χ1n) is 10.7. The molecule has 0 spiro atoms. The van der Waals surface area contributed by atoms with Crippen molar-refractivity contribution in [1.29, 1.82) is 0 Å². The molecule has 1 N–H and O–H groups in total. The highest BCUT2D eigenvalue weighted by atomic mass is 16.5. The number of hydrogen-bond acceptors (Lipinski definition) is 4. The Morgan fingerprint density at radius 2 is 1.71 bits per heavy atom. The summed E-state index contributed by atoms with van der Waals surface area (Å²) >= 11 is 0. The molecule has 0 aliphatic heterocycles. The highest BCUT2D eigenvalue weighted by Crippen LogP contribution is 2.62. The van der Waals surface area contributed by atoms with Crippen LogP contribution < -0.4 is 0 Å². The number of carbonyl (C=O) groups is 2. The molecule has 0 heterocycles. The van der Waals surface area contributed by atoms with Gasteiger partial charge in [0.1, 0.15) is 0 Å². The zero-order chi connectivity index (χ0) is 19.9. The molecular formula is C23H31NO4. The molecular weight excluding hydrogens is 354 g/mol. The van der Waals surface area contributed by atoms with Crippen LogP contribution in [0.5, 0.6) is 0 Å². The average molecular weight is 386 g/mol. The normalized spacial score (nSPS) is 34.1. The van der Waals surface area contributed by atoms with E-state index in [-0.39, 0.29) is 11.9 Å². The summed E-state index contributed by atoms with van der Waals surface area (Å²) in [6.45, 7) is 5.01. The number of benzene rings is 1. The van der Waals surface area contributed by atoms with Gasteiger partial charge in [-0.15, -0.1) is 0 Å². The second-order valence-corrected chi connectivity index (χ2v) is 9.17. The van der Waals surface area contributed by atoms with E-state index in [9.17, 15) is 14.7 Å². The molecule has 0 saturated heterocycles. The first-order chi connectivity index (χ1) is 13.4. The smallest absolute Gasteiger partial charge is 0.313 e. The SMILES string of the molecule is CCN(CC)C(=O)[C@@H](OC(=O)C12C[C@@H]3C[C@@H](CC(O)(C3)C1)C2)c1ccccc1. The first-order valence-corrected chi connectivity index (χ1v) is 10.7. The Kier molecular flexibility index (Phi) is 4.98. The summed E-state index contributed by atoms with van der Waals surface area (Å²) in [6, 6.07) is 9.29. The number of nitrogens with zero attached hydrogens (tertiary/aromatic N) is 1. The molecule has 4 saturated carbocycles. The summed E-state index contributed by atoms with van der Waals surface area (Å²) in [6.07, 6.45) is 3.84. The van der Waals surface area contributed by atoms with E-state index in [1.165, 1.54) is 0 Å². The van der Waals surface area contributed by atoms with E-state index >= 15 is 0 Å². The summed E-state index contributed by atoms with van der Waals surface area (Å²) < 4.78 is 5.97. The predicted octanol–water partition coefficient (Wildman–Crippen LogP) is 3.47. The maximum Gasteiger partial charge on any atom is 0.313 e. The lowest BCUT2D eigenvalue weighted by Crippen LogP contribution is -2.58. The Morgan fingerprint density at radius 1 is 1.11 bits per heavy atom. The van der Waals surface area contributed by atoms with Gasteiger partial charge in [-0.2, -0.15) is 0 Å². The molecule has 4 bridgehead atoms. The van der Waals surface area contributed by atoms with Gasteiger partial charge in [0.2, 0.25) is 6.10 Å². The van der Waals surface area contributed by atoms with Crippen LogP contribution in [-0.2, 0) is 14.3 Å². The van der Waals surface area contributed by atoms with Crippen molar-refractivity contribution in [2.24, 2.45) is 17.3 Å². The number of likely N-dealkylation sites (N-methyl/N-ethyl adjacent to an activating group) is 1. The van der Waals surface area contributed by atoms with Crippen molar-refractivity contribution < 1.29 is 19.4 Å². The van der Waals surface area contributed by atoms with Crippen LogP contribution in [0.2, 0.25) is 0 Å². The molecule has 4 fully saturated rings. The van der Waals surface area contributed by atoms with Crippen LogP contribution in [-0.4, -0.2) is 40.6 Å². The van der Waals surface area contributed by atoms with Crippen molar-refractivity contribution >= 4 is 11.9 Å². The lowest BCUT2D eigenvalue weighted by molar-refractivity contribution is -0.201. The molecule has 5 nitrogen and oxygen atoms in total. The summed E-state index contributed by atoms with van der Waals surface area (Å²) in [5.74, 6) is 0.322. The topological polar surface area (TPSA) is 66.8 Å². The number of amides is 1. The van der Waals surface area contributed by atoms with E-state index in [1.54, 1.807) is 4.90 Å². The van der Waals surface area contributed by atoms with Crippen LogP contribution in [0.25, 0.3) is 0 Å². The number of rotatable bonds is 6. The second-order valence-electron chi connectivity index (χ2n) is 9.17. The van der Waals surface area contributed by atoms with E-state index < -0.39 is 17.1 Å². The fraction of sp³-hybridized carbons (Fsp3) is 0.652. The Hall–Kier alpha value is -1.88. The molecule has 152 valence electrons. The maximum atomic E-state index is 13.4. The average Bonchev–Trinajstić information content (AvgIpc) is 2.65. The quantitative estimate of drug-likeness (QED) is 0.762. The Labute approximate surface area is 167 Å². The van der Waals surface area contributed by atoms with Crippen molar-refractivity contribution in [2.45, 2.75) is 64.1 Å². The molecule has 5 rings (SSSR count). The van der Waals surface area contributed by atoms with Gasteiger partial charge in [0.05, 0.1) is 11.0 Å².